The van der Waals surface area contributed by atoms with Crippen LogP contribution in [0.3, 0.4) is 0 Å². The number of methoxy groups -OCH3 is 1. The van der Waals surface area contributed by atoms with E-state index in [4.69, 9.17) is 4.74 Å². The quantitative estimate of drug-likeness (QED) is 0.764. The first-order valence-electron chi connectivity index (χ1n) is 9.71. The van der Waals surface area contributed by atoms with Crippen molar-refractivity contribution in [1.82, 2.24) is 14.8 Å². The van der Waals surface area contributed by atoms with Crippen molar-refractivity contribution in [3.8, 4) is 5.75 Å². The number of aromatic nitrogens is 1. The average Bonchev–Trinajstić information content (AvgIpc) is 2.84. The molecule has 1 aromatic heterocycles. The van der Waals surface area contributed by atoms with Gasteiger partial charge in [-0.05, 0) is 29.7 Å². The molecule has 1 amide bonds. The Morgan fingerprint density at radius 3 is 2.64 bits per heavy atom. The van der Waals surface area contributed by atoms with Gasteiger partial charge in [0.25, 0.3) is 0 Å². The number of benzene rings is 1. The molecule has 1 aliphatic rings. The molecule has 0 spiro atoms. The van der Waals surface area contributed by atoms with Crippen LogP contribution in [-0.4, -0.2) is 46.9 Å². The molecule has 1 aromatic carbocycles. The number of carbonyl (C=O) groups excluding carboxylic acids is 1. The number of amides is 1. The lowest BCUT2D eigenvalue weighted by Crippen LogP contribution is -2.45. The third kappa shape index (κ3) is 5.07. The number of carbonyl (C=O) groups is 1. The van der Waals surface area contributed by atoms with E-state index in [1.54, 1.807) is 25.4 Å². The van der Waals surface area contributed by atoms with E-state index in [1.807, 2.05) is 17.0 Å². The van der Waals surface area contributed by atoms with Gasteiger partial charge in [0.2, 0.25) is 5.91 Å². The summed E-state index contributed by atoms with van der Waals surface area (Å²) < 4.78 is 18.5. The van der Waals surface area contributed by atoms with Gasteiger partial charge in [-0.3, -0.25) is 14.7 Å². The van der Waals surface area contributed by atoms with Gasteiger partial charge in [-0.15, -0.1) is 0 Å². The molecule has 28 heavy (non-hydrogen) atoms. The fourth-order valence-corrected chi connectivity index (χ4v) is 3.64. The van der Waals surface area contributed by atoms with Gasteiger partial charge in [0, 0.05) is 50.9 Å². The predicted octanol–water partition coefficient (Wildman–Crippen LogP) is 3.49. The van der Waals surface area contributed by atoms with Crippen LogP contribution in [0.2, 0.25) is 0 Å². The molecule has 0 saturated carbocycles. The van der Waals surface area contributed by atoms with E-state index in [0.29, 0.717) is 32.0 Å². The lowest BCUT2D eigenvalue weighted by molar-refractivity contribution is -0.134. The molecule has 0 radical (unpaired) electrons. The molecular weight excluding hydrogens is 357 g/mol. The van der Waals surface area contributed by atoms with E-state index in [1.165, 1.54) is 12.1 Å². The van der Waals surface area contributed by atoms with Gasteiger partial charge < -0.3 is 9.64 Å². The Morgan fingerprint density at radius 2 is 1.96 bits per heavy atom. The second kappa shape index (κ2) is 9.15. The summed E-state index contributed by atoms with van der Waals surface area (Å²) in [5.41, 5.74) is 1.88. The van der Waals surface area contributed by atoms with Crippen molar-refractivity contribution in [3.05, 3.63) is 59.7 Å². The standard InChI is InChI=1S/C22H28FN3O2/c1-16(2)21-15-25(14-19-12-20(28-3)8-10-24-19)11-9-22(27)26(21)13-17-4-6-18(23)7-5-17/h4-8,10,12,16,21H,9,11,13-15H2,1-3H3/t21-/m0/s1. The summed E-state index contributed by atoms with van der Waals surface area (Å²) in [6.45, 7) is 6.95. The molecule has 0 unspecified atom stereocenters. The summed E-state index contributed by atoms with van der Waals surface area (Å²) >= 11 is 0. The molecule has 0 bridgehead atoms. The Hall–Kier alpha value is -2.47. The normalized spacial score (nSPS) is 18.4. The fraction of sp³-hybridized carbons (Fsp3) is 0.455. The third-order valence-corrected chi connectivity index (χ3v) is 5.25. The molecule has 150 valence electrons. The van der Waals surface area contributed by atoms with Gasteiger partial charge in [0.05, 0.1) is 12.8 Å². The van der Waals surface area contributed by atoms with Gasteiger partial charge >= 0.3 is 0 Å². The first-order valence-corrected chi connectivity index (χ1v) is 9.71. The van der Waals surface area contributed by atoms with Gasteiger partial charge in [-0.25, -0.2) is 4.39 Å². The van der Waals surface area contributed by atoms with E-state index >= 15 is 0 Å². The van der Waals surface area contributed by atoms with Crippen molar-refractivity contribution in [3.63, 3.8) is 0 Å². The van der Waals surface area contributed by atoms with Crippen LogP contribution in [0, 0.1) is 11.7 Å². The van der Waals surface area contributed by atoms with Crippen molar-refractivity contribution < 1.29 is 13.9 Å². The van der Waals surface area contributed by atoms with Gasteiger partial charge in [-0.2, -0.15) is 0 Å². The minimum Gasteiger partial charge on any atom is -0.497 e. The van der Waals surface area contributed by atoms with Gasteiger partial charge in [-0.1, -0.05) is 26.0 Å². The smallest absolute Gasteiger partial charge is 0.224 e. The second-order valence-corrected chi connectivity index (χ2v) is 7.63. The minimum atomic E-state index is -0.261. The maximum atomic E-state index is 13.2. The van der Waals surface area contributed by atoms with Crippen LogP contribution in [0.25, 0.3) is 0 Å². The van der Waals surface area contributed by atoms with E-state index in [0.717, 1.165) is 23.6 Å². The van der Waals surface area contributed by atoms with Gasteiger partial charge in [0.1, 0.15) is 11.6 Å². The predicted molar refractivity (Wildman–Crippen MR) is 106 cm³/mol. The summed E-state index contributed by atoms with van der Waals surface area (Å²) in [5, 5.41) is 0. The Bertz CT molecular complexity index is 795. The molecule has 2 aromatic rings. The Balaban J connectivity index is 1.76. The lowest BCUT2D eigenvalue weighted by Gasteiger charge is -2.34. The summed E-state index contributed by atoms with van der Waals surface area (Å²) in [4.78, 5) is 21.6. The van der Waals surface area contributed by atoms with Crippen molar-refractivity contribution in [2.24, 2.45) is 5.92 Å². The lowest BCUT2D eigenvalue weighted by atomic mass is 10.0. The maximum absolute atomic E-state index is 13.2. The number of halogens is 1. The fourth-order valence-electron chi connectivity index (χ4n) is 3.64. The van der Waals surface area contributed by atoms with Crippen LogP contribution in [0.4, 0.5) is 4.39 Å². The van der Waals surface area contributed by atoms with Crippen molar-refractivity contribution >= 4 is 5.91 Å². The molecule has 1 fully saturated rings. The highest BCUT2D eigenvalue weighted by atomic mass is 19.1. The molecule has 5 nitrogen and oxygen atoms in total. The Kier molecular flexibility index (Phi) is 6.62. The summed E-state index contributed by atoms with van der Waals surface area (Å²) in [7, 11) is 1.64. The second-order valence-electron chi connectivity index (χ2n) is 7.63. The number of nitrogens with zero attached hydrogens (tertiary/aromatic N) is 3. The summed E-state index contributed by atoms with van der Waals surface area (Å²) in [6, 6.07) is 10.3. The average molecular weight is 385 g/mol. The Morgan fingerprint density at radius 1 is 1.21 bits per heavy atom. The summed E-state index contributed by atoms with van der Waals surface area (Å²) in [5.74, 6) is 0.977. The molecule has 0 aliphatic carbocycles. The monoisotopic (exact) mass is 385 g/mol. The molecule has 3 rings (SSSR count). The molecule has 2 heterocycles. The number of pyridine rings is 1. The maximum Gasteiger partial charge on any atom is 0.224 e. The molecule has 1 saturated heterocycles. The molecule has 1 atom stereocenters. The largest absolute Gasteiger partial charge is 0.497 e. The highest BCUT2D eigenvalue weighted by molar-refractivity contribution is 5.77. The molecule has 1 aliphatic heterocycles. The topological polar surface area (TPSA) is 45.7 Å². The van der Waals surface area contributed by atoms with Crippen molar-refractivity contribution in [2.75, 3.05) is 20.2 Å². The van der Waals surface area contributed by atoms with Gasteiger partial charge in [0.15, 0.2) is 0 Å². The zero-order valence-corrected chi connectivity index (χ0v) is 16.8. The summed E-state index contributed by atoms with van der Waals surface area (Å²) in [6.07, 6.45) is 2.21. The van der Waals surface area contributed by atoms with E-state index in [-0.39, 0.29) is 17.8 Å². The molecular formula is C22H28FN3O2. The van der Waals surface area contributed by atoms with Crippen LogP contribution < -0.4 is 4.74 Å². The van der Waals surface area contributed by atoms with Crippen LogP contribution in [0.15, 0.2) is 42.6 Å². The zero-order chi connectivity index (χ0) is 20.1. The third-order valence-electron chi connectivity index (χ3n) is 5.25. The van der Waals surface area contributed by atoms with Crippen LogP contribution in [0.5, 0.6) is 5.75 Å². The van der Waals surface area contributed by atoms with Crippen molar-refractivity contribution in [2.45, 2.75) is 39.4 Å². The highest BCUT2D eigenvalue weighted by Crippen LogP contribution is 2.22. The number of hydrogen-bond donors (Lipinski definition) is 0. The van der Waals surface area contributed by atoms with E-state index < -0.39 is 0 Å². The van der Waals surface area contributed by atoms with E-state index in [9.17, 15) is 9.18 Å². The Labute approximate surface area is 166 Å². The molecule has 6 heteroatoms. The van der Waals surface area contributed by atoms with E-state index in [2.05, 4.69) is 23.7 Å². The van der Waals surface area contributed by atoms with Crippen LogP contribution in [-0.2, 0) is 17.9 Å². The van der Waals surface area contributed by atoms with Crippen LogP contribution in [0.1, 0.15) is 31.5 Å². The minimum absolute atomic E-state index is 0.0886. The van der Waals surface area contributed by atoms with Crippen LogP contribution >= 0.6 is 0 Å². The number of ether oxygens (including phenoxy) is 1. The first kappa shape index (κ1) is 20.3. The number of rotatable bonds is 6. The number of hydrogen-bond acceptors (Lipinski definition) is 4. The highest BCUT2D eigenvalue weighted by Gasteiger charge is 2.31. The van der Waals surface area contributed by atoms with Crippen molar-refractivity contribution in [1.29, 1.82) is 0 Å². The first-order chi connectivity index (χ1) is 13.5. The molecule has 0 N–H and O–H groups in total. The zero-order valence-electron chi connectivity index (χ0n) is 16.8. The SMILES string of the molecule is COc1ccnc(CN2CCC(=O)N(Cc3ccc(F)cc3)[C@H](C(C)C)C2)c1.